The highest BCUT2D eigenvalue weighted by Gasteiger charge is 2.39. The van der Waals surface area contributed by atoms with Crippen LogP contribution in [0.15, 0.2) is 57.7 Å². The summed E-state index contributed by atoms with van der Waals surface area (Å²) in [6.45, 7) is 0. The van der Waals surface area contributed by atoms with E-state index >= 15 is 0 Å². The fourth-order valence-corrected chi connectivity index (χ4v) is 2.52. The zero-order valence-corrected chi connectivity index (χ0v) is 12.0. The Morgan fingerprint density at radius 1 is 0.957 bits per heavy atom. The van der Waals surface area contributed by atoms with Crippen LogP contribution < -0.4 is 10.4 Å². The van der Waals surface area contributed by atoms with Crippen LogP contribution in [-0.4, -0.2) is 7.11 Å². The molecule has 0 fully saturated rings. The third kappa shape index (κ3) is 2.56. The molecule has 0 aliphatic heterocycles. The molecule has 2 aromatic carbocycles. The van der Waals surface area contributed by atoms with Gasteiger partial charge in [0, 0.05) is 16.5 Å². The lowest BCUT2D eigenvalue weighted by Crippen LogP contribution is -2.13. The van der Waals surface area contributed by atoms with Crippen LogP contribution in [0.25, 0.3) is 21.9 Å². The van der Waals surface area contributed by atoms with Gasteiger partial charge in [0.2, 0.25) is 5.76 Å². The first-order valence-electron chi connectivity index (χ1n) is 6.70. The average Bonchev–Trinajstić information content (AvgIpc) is 2.54. The predicted molar refractivity (Wildman–Crippen MR) is 79.5 cm³/mol. The predicted octanol–water partition coefficient (Wildman–Crippen LogP) is 4.49. The number of rotatable bonds is 2. The SMILES string of the molecule is COc1ccccc1-c1c(C(F)(F)F)oc(=O)c2ccccc12. The van der Waals surface area contributed by atoms with Gasteiger partial charge in [-0.25, -0.2) is 4.79 Å². The van der Waals surface area contributed by atoms with Crippen LogP contribution in [0.5, 0.6) is 5.75 Å². The molecule has 3 aromatic rings. The smallest absolute Gasteiger partial charge is 0.450 e. The number of halogens is 3. The van der Waals surface area contributed by atoms with Crippen molar-refractivity contribution in [2.45, 2.75) is 6.18 Å². The summed E-state index contributed by atoms with van der Waals surface area (Å²) in [5, 5.41) is 0.252. The van der Waals surface area contributed by atoms with Gasteiger partial charge in [0.15, 0.2) is 0 Å². The topological polar surface area (TPSA) is 39.4 Å². The molecular weight excluding hydrogens is 309 g/mol. The summed E-state index contributed by atoms with van der Waals surface area (Å²) in [5.41, 5.74) is -1.01. The molecule has 0 atom stereocenters. The number of hydrogen-bond acceptors (Lipinski definition) is 3. The summed E-state index contributed by atoms with van der Waals surface area (Å²) in [6, 6.07) is 12.3. The number of methoxy groups -OCH3 is 1. The fourth-order valence-electron chi connectivity index (χ4n) is 2.52. The van der Waals surface area contributed by atoms with Crippen LogP contribution >= 0.6 is 0 Å². The molecule has 0 aliphatic carbocycles. The van der Waals surface area contributed by atoms with Gasteiger partial charge >= 0.3 is 11.8 Å². The van der Waals surface area contributed by atoms with Gasteiger partial charge in [0.05, 0.1) is 12.5 Å². The summed E-state index contributed by atoms with van der Waals surface area (Å²) >= 11 is 0. The van der Waals surface area contributed by atoms with E-state index in [1.165, 1.54) is 25.3 Å². The fraction of sp³-hybridized carbons (Fsp3) is 0.118. The summed E-state index contributed by atoms with van der Waals surface area (Å²) in [7, 11) is 1.37. The van der Waals surface area contributed by atoms with Crippen molar-refractivity contribution < 1.29 is 22.3 Å². The number of fused-ring (bicyclic) bond motifs is 1. The minimum absolute atomic E-state index is 0.0846. The normalized spacial score (nSPS) is 11.7. The van der Waals surface area contributed by atoms with Crippen molar-refractivity contribution >= 4 is 10.8 Å². The maximum Gasteiger partial charge on any atom is 0.450 e. The Kier molecular flexibility index (Phi) is 3.60. The Morgan fingerprint density at radius 3 is 2.22 bits per heavy atom. The van der Waals surface area contributed by atoms with E-state index in [4.69, 9.17) is 4.74 Å². The zero-order valence-electron chi connectivity index (χ0n) is 12.0. The van der Waals surface area contributed by atoms with Crippen molar-refractivity contribution in [3.63, 3.8) is 0 Å². The van der Waals surface area contributed by atoms with Crippen LogP contribution in [-0.2, 0) is 6.18 Å². The Hall–Kier alpha value is -2.76. The molecule has 3 nitrogen and oxygen atoms in total. The van der Waals surface area contributed by atoms with Crippen LogP contribution in [0.3, 0.4) is 0 Å². The lowest BCUT2D eigenvalue weighted by molar-refractivity contribution is -0.153. The van der Waals surface area contributed by atoms with Crippen LogP contribution in [0, 0.1) is 0 Å². The van der Waals surface area contributed by atoms with Gasteiger partial charge in [-0.1, -0.05) is 36.4 Å². The summed E-state index contributed by atoms with van der Waals surface area (Å²) in [4.78, 5) is 11.9. The first kappa shape index (κ1) is 15.1. The molecule has 0 radical (unpaired) electrons. The highest BCUT2D eigenvalue weighted by Crippen LogP contribution is 2.42. The first-order chi connectivity index (χ1) is 10.9. The number of ether oxygens (including phenoxy) is 1. The lowest BCUT2D eigenvalue weighted by atomic mass is 9.97. The van der Waals surface area contributed by atoms with E-state index < -0.39 is 17.6 Å². The molecule has 0 spiro atoms. The van der Waals surface area contributed by atoms with Gasteiger partial charge < -0.3 is 9.15 Å². The minimum Gasteiger partial charge on any atom is -0.496 e. The third-order valence-electron chi connectivity index (χ3n) is 3.47. The standard InChI is InChI=1S/C17H11F3O3/c1-22-13-9-5-4-8-12(13)14-10-6-2-3-7-11(10)16(21)23-15(14)17(18,19)20/h2-9H,1H3. The molecule has 6 heteroatoms. The summed E-state index contributed by atoms with van der Waals surface area (Å²) in [6.07, 6.45) is -4.81. The van der Waals surface area contributed by atoms with E-state index in [0.29, 0.717) is 0 Å². The zero-order chi connectivity index (χ0) is 16.6. The number of para-hydroxylation sites is 1. The second-order valence-electron chi connectivity index (χ2n) is 4.84. The van der Waals surface area contributed by atoms with Crippen molar-refractivity contribution in [3.05, 3.63) is 64.7 Å². The Bertz CT molecular complexity index is 926. The summed E-state index contributed by atoms with van der Waals surface area (Å²) in [5.74, 6) is -1.07. The molecule has 0 amide bonds. The molecule has 3 rings (SSSR count). The van der Waals surface area contributed by atoms with Crippen molar-refractivity contribution in [3.8, 4) is 16.9 Å². The molecule has 0 N–H and O–H groups in total. The molecule has 118 valence electrons. The van der Waals surface area contributed by atoms with Crippen molar-refractivity contribution in [1.82, 2.24) is 0 Å². The van der Waals surface area contributed by atoms with Crippen molar-refractivity contribution in [1.29, 1.82) is 0 Å². The second kappa shape index (κ2) is 5.46. The van der Waals surface area contributed by atoms with E-state index in [2.05, 4.69) is 4.42 Å². The quantitative estimate of drug-likeness (QED) is 0.698. The molecule has 0 aliphatic rings. The third-order valence-corrected chi connectivity index (χ3v) is 3.47. The summed E-state index contributed by atoms with van der Waals surface area (Å²) < 4.78 is 50.0. The molecule has 0 unspecified atom stereocenters. The molecule has 0 saturated carbocycles. The molecule has 0 saturated heterocycles. The van der Waals surface area contributed by atoms with Gasteiger partial charge in [0.1, 0.15) is 5.75 Å². The minimum atomic E-state index is -4.81. The lowest BCUT2D eigenvalue weighted by Gasteiger charge is -2.15. The van der Waals surface area contributed by atoms with Crippen LogP contribution in [0.2, 0.25) is 0 Å². The van der Waals surface area contributed by atoms with E-state index in [0.717, 1.165) is 0 Å². The average molecular weight is 320 g/mol. The highest BCUT2D eigenvalue weighted by molar-refractivity contribution is 5.98. The monoisotopic (exact) mass is 320 g/mol. The number of benzene rings is 2. The highest BCUT2D eigenvalue weighted by atomic mass is 19.4. The molecule has 1 heterocycles. The van der Waals surface area contributed by atoms with E-state index in [9.17, 15) is 18.0 Å². The van der Waals surface area contributed by atoms with E-state index in [-0.39, 0.29) is 27.6 Å². The molecule has 1 aromatic heterocycles. The first-order valence-corrected chi connectivity index (χ1v) is 6.70. The molecular formula is C17H11F3O3. The van der Waals surface area contributed by atoms with Gasteiger partial charge in [-0.05, 0) is 12.1 Å². The Morgan fingerprint density at radius 2 is 1.57 bits per heavy atom. The van der Waals surface area contributed by atoms with Gasteiger partial charge in [0.25, 0.3) is 0 Å². The maximum absolute atomic E-state index is 13.4. The molecule has 23 heavy (non-hydrogen) atoms. The second-order valence-corrected chi connectivity index (χ2v) is 4.84. The Labute approximate surface area is 128 Å². The van der Waals surface area contributed by atoms with Crippen LogP contribution in [0.1, 0.15) is 5.76 Å². The largest absolute Gasteiger partial charge is 0.496 e. The molecule has 0 bridgehead atoms. The van der Waals surface area contributed by atoms with Gasteiger partial charge in [-0.3, -0.25) is 0 Å². The Balaban J connectivity index is 2.52. The van der Waals surface area contributed by atoms with E-state index in [1.807, 2.05) is 0 Å². The maximum atomic E-state index is 13.4. The number of alkyl halides is 3. The van der Waals surface area contributed by atoms with Crippen molar-refractivity contribution in [2.75, 3.05) is 7.11 Å². The van der Waals surface area contributed by atoms with E-state index in [1.54, 1.807) is 30.3 Å². The van der Waals surface area contributed by atoms with Crippen molar-refractivity contribution in [2.24, 2.45) is 0 Å². The number of hydrogen-bond donors (Lipinski definition) is 0. The van der Waals surface area contributed by atoms with Gasteiger partial charge in [-0.15, -0.1) is 0 Å². The van der Waals surface area contributed by atoms with Crippen LogP contribution in [0.4, 0.5) is 13.2 Å². The van der Waals surface area contributed by atoms with Gasteiger partial charge in [-0.2, -0.15) is 13.2 Å².